The zero-order chi connectivity index (χ0) is 14.5. The first-order valence-electron chi connectivity index (χ1n) is 6.47. The van der Waals surface area contributed by atoms with Crippen molar-refractivity contribution in [2.75, 3.05) is 0 Å². The van der Waals surface area contributed by atoms with Gasteiger partial charge < -0.3 is 14.8 Å². The van der Waals surface area contributed by atoms with E-state index in [-0.39, 0.29) is 0 Å². The molecule has 0 aromatic heterocycles. The maximum atomic E-state index is 9.22. The molecule has 2 aromatic carbocycles. The molecule has 0 saturated carbocycles. The molecule has 0 aliphatic rings. The van der Waals surface area contributed by atoms with Crippen molar-refractivity contribution in [1.29, 1.82) is 0 Å². The molecule has 104 valence electrons. The van der Waals surface area contributed by atoms with Gasteiger partial charge in [-0.15, -0.1) is 0 Å². The second kappa shape index (κ2) is 6.79. The van der Waals surface area contributed by atoms with Crippen LogP contribution in [0.1, 0.15) is 18.1 Å². The highest BCUT2D eigenvalue weighted by Gasteiger charge is 2.17. The fourth-order valence-electron chi connectivity index (χ4n) is 1.98. The van der Waals surface area contributed by atoms with Crippen molar-refractivity contribution in [2.24, 2.45) is 0 Å². The SMILES string of the molecule is CCc1cc(B(O)O)cc(Cl)c1OCc1ccccc1. The van der Waals surface area contributed by atoms with Crippen LogP contribution in [-0.2, 0) is 13.0 Å². The average molecular weight is 291 g/mol. The monoisotopic (exact) mass is 290 g/mol. The van der Waals surface area contributed by atoms with Crippen molar-refractivity contribution >= 4 is 24.2 Å². The second-order valence-corrected chi connectivity index (χ2v) is 4.90. The van der Waals surface area contributed by atoms with E-state index >= 15 is 0 Å². The lowest BCUT2D eigenvalue weighted by molar-refractivity contribution is 0.303. The van der Waals surface area contributed by atoms with Gasteiger partial charge in [0.15, 0.2) is 0 Å². The second-order valence-electron chi connectivity index (χ2n) is 4.49. The van der Waals surface area contributed by atoms with Crippen molar-refractivity contribution < 1.29 is 14.8 Å². The first-order valence-corrected chi connectivity index (χ1v) is 6.84. The van der Waals surface area contributed by atoms with E-state index in [0.29, 0.717) is 29.3 Å². The van der Waals surface area contributed by atoms with Crippen molar-refractivity contribution in [2.45, 2.75) is 20.0 Å². The molecular formula is C15H16BClO3. The third-order valence-electron chi connectivity index (χ3n) is 3.05. The fraction of sp³-hybridized carbons (Fsp3) is 0.200. The maximum Gasteiger partial charge on any atom is 0.488 e. The van der Waals surface area contributed by atoms with E-state index in [9.17, 15) is 10.0 Å². The highest BCUT2D eigenvalue weighted by Crippen LogP contribution is 2.29. The topological polar surface area (TPSA) is 49.7 Å². The zero-order valence-electron chi connectivity index (χ0n) is 11.2. The quantitative estimate of drug-likeness (QED) is 0.830. The van der Waals surface area contributed by atoms with E-state index in [1.807, 2.05) is 37.3 Å². The molecule has 0 atom stereocenters. The Hall–Kier alpha value is -1.49. The Labute approximate surface area is 123 Å². The van der Waals surface area contributed by atoms with Gasteiger partial charge >= 0.3 is 7.12 Å². The Morgan fingerprint density at radius 3 is 2.45 bits per heavy atom. The Kier molecular flexibility index (Phi) is 5.07. The molecule has 2 aromatic rings. The third kappa shape index (κ3) is 3.54. The lowest BCUT2D eigenvalue weighted by Crippen LogP contribution is -2.30. The normalized spacial score (nSPS) is 10.4. The van der Waals surface area contributed by atoms with Gasteiger partial charge in [0.1, 0.15) is 12.4 Å². The summed E-state index contributed by atoms with van der Waals surface area (Å²) in [6, 6.07) is 13.0. The standard InChI is InChI=1S/C15H16BClO3/c1-2-12-8-13(16(18)19)9-14(17)15(12)20-10-11-6-4-3-5-7-11/h3-9,18-19H,2,10H2,1H3. The summed E-state index contributed by atoms with van der Waals surface area (Å²) in [4.78, 5) is 0. The van der Waals surface area contributed by atoms with Gasteiger partial charge in [0.25, 0.3) is 0 Å². The van der Waals surface area contributed by atoms with E-state index in [1.54, 1.807) is 6.07 Å². The maximum absolute atomic E-state index is 9.22. The highest BCUT2D eigenvalue weighted by molar-refractivity contribution is 6.59. The van der Waals surface area contributed by atoms with E-state index in [0.717, 1.165) is 11.1 Å². The Bertz CT molecular complexity index is 573. The minimum absolute atomic E-state index is 0.374. The van der Waals surface area contributed by atoms with Crippen LogP contribution >= 0.6 is 11.6 Å². The molecule has 0 bridgehead atoms. The van der Waals surface area contributed by atoms with Gasteiger partial charge in [-0.3, -0.25) is 0 Å². The van der Waals surface area contributed by atoms with E-state index < -0.39 is 7.12 Å². The molecule has 5 heteroatoms. The van der Waals surface area contributed by atoms with Crippen LogP contribution in [0.25, 0.3) is 0 Å². The van der Waals surface area contributed by atoms with Crippen LogP contribution in [0, 0.1) is 0 Å². The van der Waals surface area contributed by atoms with Crippen molar-refractivity contribution in [1.82, 2.24) is 0 Å². The molecule has 0 aliphatic carbocycles. The van der Waals surface area contributed by atoms with Crippen LogP contribution < -0.4 is 10.2 Å². The van der Waals surface area contributed by atoms with Crippen molar-refractivity contribution in [3.8, 4) is 5.75 Å². The van der Waals surface area contributed by atoms with Gasteiger partial charge in [-0.2, -0.15) is 0 Å². The predicted octanol–water partition coefficient (Wildman–Crippen LogP) is 2.16. The summed E-state index contributed by atoms with van der Waals surface area (Å²) in [5.74, 6) is 0.599. The Morgan fingerprint density at radius 2 is 1.85 bits per heavy atom. The van der Waals surface area contributed by atoms with Crippen LogP contribution in [0.3, 0.4) is 0 Å². The lowest BCUT2D eigenvalue weighted by Gasteiger charge is -2.14. The van der Waals surface area contributed by atoms with Crippen LogP contribution in [0.4, 0.5) is 0 Å². The molecule has 0 saturated heterocycles. The molecule has 0 aliphatic heterocycles. The average Bonchev–Trinajstić information content (AvgIpc) is 2.46. The van der Waals surface area contributed by atoms with Crippen LogP contribution in [0.5, 0.6) is 5.75 Å². The van der Waals surface area contributed by atoms with Crippen molar-refractivity contribution in [3.05, 3.63) is 58.6 Å². The molecule has 2 rings (SSSR count). The fourth-order valence-corrected chi connectivity index (χ4v) is 2.28. The third-order valence-corrected chi connectivity index (χ3v) is 3.33. The van der Waals surface area contributed by atoms with Gasteiger partial charge in [-0.1, -0.05) is 54.9 Å². The van der Waals surface area contributed by atoms with E-state index in [4.69, 9.17) is 16.3 Å². The molecule has 0 amide bonds. The number of aryl methyl sites for hydroxylation is 1. The smallest absolute Gasteiger partial charge is 0.487 e. The minimum atomic E-state index is -1.53. The first-order chi connectivity index (χ1) is 9.61. The summed E-state index contributed by atoms with van der Waals surface area (Å²) in [6.07, 6.45) is 0.699. The van der Waals surface area contributed by atoms with E-state index in [2.05, 4.69) is 0 Å². The molecule has 2 N–H and O–H groups in total. The zero-order valence-corrected chi connectivity index (χ0v) is 12.0. The van der Waals surface area contributed by atoms with Crippen LogP contribution in [-0.4, -0.2) is 17.2 Å². The van der Waals surface area contributed by atoms with Gasteiger partial charge in [-0.05, 0) is 29.1 Å². The summed E-state index contributed by atoms with van der Waals surface area (Å²) in [7, 11) is -1.53. The molecule has 0 heterocycles. The summed E-state index contributed by atoms with van der Waals surface area (Å²) < 4.78 is 5.78. The van der Waals surface area contributed by atoms with E-state index in [1.165, 1.54) is 6.07 Å². The molecular weight excluding hydrogens is 274 g/mol. The molecule has 0 spiro atoms. The predicted molar refractivity (Wildman–Crippen MR) is 81.4 cm³/mol. The molecule has 0 unspecified atom stereocenters. The number of hydrogen-bond acceptors (Lipinski definition) is 3. The highest BCUT2D eigenvalue weighted by atomic mass is 35.5. The number of halogens is 1. The molecule has 20 heavy (non-hydrogen) atoms. The first kappa shape index (κ1) is 14.9. The Morgan fingerprint density at radius 1 is 1.15 bits per heavy atom. The molecule has 3 nitrogen and oxygen atoms in total. The van der Waals surface area contributed by atoms with Gasteiger partial charge in [0.05, 0.1) is 5.02 Å². The van der Waals surface area contributed by atoms with Gasteiger partial charge in [0.2, 0.25) is 0 Å². The summed E-state index contributed by atoms with van der Waals surface area (Å²) in [6.45, 7) is 2.39. The number of hydrogen-bond donors (Lipinski definition) is 2. The van der Waals surface area contributed by atoms with Crippen molar-refractivity contribution in [3.63, 3.8) is 0 Å². The lowest BCUT2D eigenvalue weighted by atomic mass is 9.79. The number of benzene rings is 2. The summed E-state index contributed by atoms with van der Waals surface area (Å²) in [5, 5.41) is 18.8. The van der Waals surface area contributed by atoms with Crippen LogP contribution in [0.2, 0.25) is 5.02 Å². The number of ether oxygens (including phenoxy) is 1. The number of rotatable bonds is 5. The molecule has 0 fully saturated rings. The largest absolute Gasteiger partial charge is 0.488 e. The summed E-state index contributed by atoms with van der Waals surface area (Å²) in [5.41, 5.74) is 2.28. The summed E-state index contributed by atoms with van der Waals surface area (Å²) >= 11 is 6.18. The van der Waals surface area contributed by atoms with Gasteiger partial charge in [0, 0.05) is 0 Å². The van der Waals surface area contributed by atoms with Gasteiger partial charge in [-0.25, -0.2) is 0 Å². The molecule has 0 radical (unpaired) electrons. The minimum Gasteiger partial charge on any atom is -0.487 e. The Balaban J connectivity index is 2.23. The van der Waals surface area contributed by atoms with Crippen LogP contribution in [0.15, 0.2) is 42.5 Å².